The van der Waals surface area contributed by atoms with Gasteiger partial charge in [0.25, 0.3) is 6.47 Å². The average molecular weight is 515 g/mol. The highest BCUT2D eigenvalue weighted by Crippen LogP contribution is 2.43. The minimum Gasteiger partial charge on any atom is -0.460 e. The van der Waals surface area contributed by atoms with Crippen molar-refractivity contribution in [3.05, 3.63) is 109 Å². The van der Waals surface area contributed by atoms with Gasteiger partial charge in [-0.1, -0.05) is 106 Å². The summed E-state index contributed by atoms with van der Waals surface area (Å²) in [5, 5.41) is 2.31. The molecule has 0 bridgehead atoms. The van der Waals surface area contributed by atoms with E-state index in [1.165, 1.54) is 0 Å². The molecular weight excluding hydrogens is 480 g/mol. The Labute approximate surface area is 220 Å². The summed E-state index contributed by atoms with van der Waals surface area (Å²) in [4.78, 5) is 24.3. The van der Waals surface area contributed by atoms with Gasteiger partial charge >= 0.3 is 5.97 Å². The first-order chi connectivity index (χ1) is 17.8. The predicted octanol–water partition coefficient (Wildman–Crippen LogP) is 4.30. The van der Waals surface area contributed by atoms with Crippen molar-refractivity contribution in [2.75, 3.05) is 0 Å². The second kappa shape index (κ2) is 11.7. The molecule has 37 heavy (non-hydrogen) atoms. The summed E-state index contributed by atoms with van der Waals surface area (Å²) in [6.07, 6.45) is -1.08. The lowest BCUT2D eigenvalue weighted by Gasteiger charge is -2.40. The van der Waals surface area contributed by atoms with Gasteiger partial charge in [-0.3, -0.25) is 4.79 Å². The van der Waals surface area contributed by atoms with Crippen LogP contribution in [0.25, 0.3) is 0 Å². The lowest BCUT2D eigenvalue weighted by atomic mass is 9.78. The molecule has 0 radical (unpaired) electrons. The highest BCUT2D eigenvalue weighted by atomic mass is 28.3. The molecule has 0 aromatic heterocycles. The molecule has 192 valence electrons. The Bertz CT molecular complexity index is 1150. The van der Waals surface area contributed by atoms with Crippen LogP contribution in [-0.2, 0) is 18.7 Å². The maximum absolute atomic E-state index is 13.1. The Hall–Kier alpha value is -3.48. The van der Waals surface area contributed by atoms with Gasteiger partial charge < -0.3 is 13.9 Å². The van der Waals surface area contributed by atoms with E-state index in [1.54, 1.807) is 24.3 Å². The Balaban J connectivity index is 1.71. The van der Waals surface area contributed by atoms with Crippen LogP contribution in [0.15, 0.2) is 103 Å². The van der Waals surface area contributed by atoms with Crippen LogP contribution >= 0.6 is 0 Å². The Morgan fingerprint density at radius 3 is 1.92 bits per heavy atom. The highest BCUT2D eigenvalue weighted by molar-refractivity contribution is 6.80. The van der Waals surface area contributed by atoms with E-state index in [0.29, 0.717) is 24.0 Å². The van der Waals surface area contributed by atoms with Crippen LogP contribution in [0, 0.1) is 11.3 Å². The van der Waals surface area contributed by atoms with Crippen LogP contribution in [0.2, 0.25) is 0 Å². The topological polar surface area (TPSA) is 61.8 Å². The summed E-state index contributed by atoms with van der Waals surface area (Å²) in [7, 11) is -2.14. The van der Waals surface area contributed by atoms with Crippen molar-refractivity contribution < 1.29 is 23.5 Å². The van der Waals surface area contributed by atoms with Gasteiger partial charge in [-0.05, 0) is 33.5 Å². The van der Waals surface area contributed by atoms with E-state index in [0.717, 1.165) is 10.4 Å². The minimum absolute atomic E-state index is 0.324. The number of ether oxygens (including phenoxy) is 2. The molecular formula is C31H34O5Si. The first-order valence-electron chi connectivity index (χ1n) is 12.6. The third kappa shape index (κ3) is 6.27. The predicted molar refractivity (Wildman–Crippen MR) is 147 cm³/mol. The summed E-state index contributed by atoms with van der Waals surface area (Å²) < 4.78 is 18.6. The van der Waals surface area contributed by atoms with Gasteiger partial charge in [-0.15, -0.1) is 0 Å². The van der Waals surface area contributed by atoms with Crippen LogP contribution in [0.1, 0.15) is 37.6 Å². The van der Waals surface area contributed by atoms with Crippen LogP contribution in [0.5, 0.6) is 0 Å². The van der Waals surface area contributed by atoms with Crippen LogP contribution in [0.3, 0.4) is 0 Å². The van der Waals surface area contributed by atoms with Crippen molar-refractivity contribution in [2.45, 2.75) is 45.5 Å². The van der Waals surface area contributed by atoms with Crippen molar-refractivity contribution in [3.8, 4) is 0 Å². The maximum Gasteiger partial charge on any atom is 0.338 e. The fourth-order valence-electron chi connectivity index (χ4n) is 5.04. The van der Waals surface area contributed by atoms with Gasteiger partial charge in [0.15, 0.2) is 0 Å². The van der Waals surface area contributed by atoms with Crippen molar-refractivity contribution in [1.29, 1.82) is 0 Å². The molecule has 3 aromatic carbocycles. The maximum atomic E-state index is 13.1. The van der Waals surface area contributed by atoms with E-state index in [4.69, 9.17) is 13.9 Å². The van der Waals surface area contributed by atoms with Gasteiger partial charge in [0, 0.05) is 12.3 Å². The molecule has 0 heterocycles. The summed E-state index contributed by atoms with van der Waals surface area (Å²) in [6, 6.07) is 29.5. The molecule has 5 nitrogen and oxygen atoms in total. The van der Waals surface area contributed by atoms with Crippen LogP contribution < -0.4 is 10.4 Å². The number of benzene rings is 3. The second-order valence-corrected chi connectivity index (χ2v) is 12.9. The van der Waals surface area contributed by atoms with Crippen molar-refractivity contribution >= 4 is 31.9 Å². The van der Waals surface area contributed by atoms with Crippen molar-refractivity contribution in [1.82, 2.24) is 0 Å². The largest absolute Gasteiger partial charge is 0.460 e. The van der Waals surface area contributed by atoms with E-state index in [2.05, 4.69) is 51.6 Å². The zero-order valence-electron chi connectivity index (χ0n) is 21.6. The molecule has 1 aliphatic rings. The van der Waals surface area contributed by atoms with Crippen LogP contribution in [0.4, 0.5) is 0 Å². The monoisotopic (exact) mass is 514 g/mol. The highest BCUT2D eigenvalue weighted by Gasteiger charge is 2.50. The summed E-state index contributed by atoms with van der Waals surface area (Å²) >= 11 is 0. The standard InChI is InChI=1S/C31H34O5Si/c1-22-26(34-21-32)20-27(35-30(33)23-14-8-5-9-15-23)28(22)29(31(2,3)4)36-37(24-16-10-6-11-17-24)25-18-12-7-13-19-25/h5-19,21,26-29,37H,1,20H2,2-4H3/t26-,27+,28-,29?/m1/s1. The molecule has 1 fully saturated rings. The Morgan fingerprint density at radius 2 is 1.43 bits per heavy atom. The third-order valence-corrected chi connectivity index (χ3v) is 9.39. The quantitative estimate of drug-likeness (QED) is 0.184. The van der Waals surface area contributed by atoms with Crippen molar-refractivity contribution in [2.24, 2.45) is 11.3 Å². The lowest BCUT2D eigenvalue weighted by molar-refractivity contribution is -0.132. The number of carbonyl (C=O) groups excluding carboxylic acids is 2. The molecule has 0 N–H and O–H groups in total. The van der Waals surface area contributed by atoms with Gasteiger partial charge in [0.2, 0.25) is 9.04 Å². The molecule has 0 spiro atoms. The molecule has 1 aliphatic carbocycles. The summed E-state index contributed by atoms with van der Waals surface area (Å²) in [5.41, 5.74) is 0.864. The molecule has 6 heteroatoms. The Morgan fingerprint density at radius 1 is 0.919 bits per heavy atom. The average Bonchev–Trinajstić information content (AvgIpc) is 3.19. The van der Waals surface area contributed by atoms with Crippen LogP contribution in [-0.4, -0.2) is 39.8 Å². The molecule has 0 saturated heterocycles. The number of rotatable bonds is 9. The van der Waals surface area contributed by atoms with E-state index < -0.39 is 27.2 Å². The smallest absolute Gasteiger partial charge is 0.338 e. The fourth-order valence-corrected chi connectivity index (χ4v) is 7.76. The van der Waals surface area contributed by atoms with Gasteiger partial charge in [0.1, 0.15) is 12.2 Å². The molecule has 1 unspecified atom stereocenters. The molecule has 4 atom stereocenters. The summed E-state index contributed by atoms with van der Waals surface area (Å²) in [6.45, 7) is 11.1. The molecule has 4 rings (SSSR count). The van der Waals surface area contributed by atoms with E-state index in [-0.39, 0.29) is 17.4 Å². The molecule has 3 aromatic rings. The number of esters is 1. The lowest BCUT2D eigenvalue weighted by Crippen LogP contribution is -2.53. The number of hydrogen-bond acceptors (Lipinski definition) is 5. The van der Waals surface area contributed by atoms with Gasteiger partial charge in [-0.25, -0.2) is 4.79 Å². The summed E-state index contributed by atoms with van der Waals surface area (Å²) in [5.74, 6) is -0.761. The molecule has 0 aliphatic heterocycles. The minimum atomic E-state index is -2.14. The third-order valence-electron chi connectivity index (χ3n) is 6.84. The molecule has 0 amide bonds. The zero-order chi connectivity index (χ0) is 26.4. The van der Waals surface area contributed by atoms with E-state index >= 15 is 0 Å². The normalized spacial score (nSPS) is 20.4. The van der Waals surface area contributed by atoms with Gasteiger partial charge in [0.05, 0.1) is 11.7 Å². The first-order valence-corrected chi connectivity index (χ1v) is 14.2. The van der Waals surface area contributed by atoms with Gasteiger partial charge in [-0.2, -0.15) is 0 Å². The van der Waals surface area contributed by atoms with E-state index in [9.17, 15) is 9.59 Å². The molecule has 1 saturated carbocycles. The SMILES string of the molecule is C=C1[C@H](OC=O)C[C@H](OC(=O)c2ccccc2)[C@@H]1C(O[SiH](c1ccccc1)c1ccccc1)C(C)(C)C. The second-order valence-electron chi connectivity index (χ2n) is 10.5. The number of hydrogen-bond donors (Lipinski definition) is 0. The van der Waals surface area contributed by atoms with E-state index in [1.807, 2.05) is 42.5 Å². The zero-order valence-corrected chi connectivity index (χ0v) is 22.7. The number of carbonyl (C=O) groups is 2. The Kier molecular flexibility index (Phi) is 8.41. The first kappa shape index (κ1) is 26.6. The fraction of sp³-hybridized carbons (Fsp3) is 0.290. The van der Waals surface area contributed by atoms with Crippen molar-refractivity contribution in [3.63, 3.8) is 0 Å².